The van der Waals surface area contributed by atoms with Gasteiger partial charge in [0, 0.05) is 10.7 Å². The predicted octanol–water partition coefficient (Wildman–Crippen LogP) is 1.97. The first-order chi connectivity index (χ1) is 9.28. The first kappa shape index (κ1) is 14.4. The van der Waals surface area contributed by atoms with Gasteiger partial charge in [0.2, 0.25) is 0 Å². The zero-order valence-electron chi connectivity index (χ0n) is 11.2. The van der Waals surface area contributed by atoms with Crippen LogP contribution < -0.4 is 5.69 Å². The average molecular weight is 341 g/mol. The third kappa shape index (κ3) is 3.13. The molecule has 0 atom stereocenters. The summed E-state index contributed by atoms with van der Waals surface area (Å²) in [6.45, 7) is 5.13. The third-order valence-electron chi connectivity index (χ3n) is 2.19. The Morgan fingerprint density at radius 3 is 2.60 bits per heavy atom. The van der Waals surface area contributed by atoms with E-state index in [2.05, 4.69) is 26.0 Å². The Labute approximate surface area is 123 Å². The Hall–Kier alpha value is -1.96. The molecule has 0 fully saturated rings. The van der Waals surface area contributed by atoms with Crippen LogP contribution in [0.1, 0.15) is 20.8 Å². The fourth-order valence-electron chi connectivity index (χ4n) is 1.40. The number of aromatic nitrogens is 4. The largest absolute Gasteiger partial charge is 0.442 e. The van der Waals surface area contributed by atoms with Crippen molar-refractivity contribution in [3.63, 3.8) is 0 Å². The summed E-state index contributed by atoms with van der Waals surface area (Å²) < 4.78 is 7.70. The van der Waals surface area contributed by atoms with Gasteiger partial charge in [-0.3, -0.25) is 0 Å². The Morgan fingerprint density at radius 2 is 2.05 bits per heavy atom. The minimum atomic E-state index is -0.821. The van der Waals surface area contributed by atoms with Crippen LogP contribution in [-0.4, -0.2) is 31.0 Å². The monoisotopic (exact) mass is 340 g/mol. The first-order valence-corrected chi connectivity index (χ1v) is 6.59. The fourth-order valence-corrected chi connectivity index (χ4v) is 1.64. The molecule has 0 spiro atoms. The molecule has 0 bridgehead atoms. The zero-order valence-corrected chi connectivity index (χ0v) is 12.8. The molecule has 0 aliphatic heterocycles. The molecule has 2 rings (SSSR count). The SMILES string of the molecule is CC(C)(C)OC(=O)n1ncn(-c2ccc(Br)cn2)c1=O. The number of hydrogen-bond donors (Lipinski definition) is 0. The summed E-state index contributed by atoms with van der Waals surface area (Å²) in [6.07, 6.45) is 1.95. The molecule has 0 N–H and O–H groups in total. The Balaban J connectivity index is 2.34. The van der Waals surface area contributed by atoms with Gasteiger partial charge in [-0.05, 0) is 48.8 Å². The average Bonchev–Trinajstić information content (AvgIpc) is 2.70. The Bertz CT molecular complexity index is 682. The van der Waals surface area contributed by atoms with Crippen molar-refractivity contribution in [2.45, 2.75) is 26.4 Å². The van der Waals surface area contributed by atoms with Gasteiger partial charge in [0.05, 0.1) is 0 Å². The molecule has 0 amide bonds. The van der Waals surface area contributed by atoms with E-state index in [9.17, 15) is 9.59 Å². The second-order valence-electron chi connectivity index (χ2n) is 5.01. The highest BCUT2D eigenvalue weighted by Gasteiger charge is 2.21. The molecule has 2 aromatic rings. The van der Waals surface area contributed by atoms with Crippen LogP contribution in [0.5, 0.6) is 0 Å². The van der Waals surface area contributed by atoms with Crippen molar-refractivity contribution >= 4 is 22.0 Å². The molecule has 0 aromatic carbocycles. The van der Waals surface area contributed by atoms with Gasteiger partial charge in [-0.1, -0.05) is 0 Å². The van der Waals surface area contributed by atoms with Crippen LogP contribution in [0.15, 0.2) is 33.9 Å². The smallest absolute Gasteiger partial charge is 0.439 e. The normalized spacial score (nSPS) is 11.4. The van der Waals surface area contributed by atoms with Gasteiger partial charge >= 0.3 is 11.8 Å². The lowest BCUT2D eigenvalue weighted by Crippen LogP contribution is -2.35. The number of pyridine rings is 1. The Kier molecular flexibility index (Phi) is 3.76. The molecule has 2 heterocycles. The summed E-state index contributed by atoms with van der Waals surface area (Å²) in [6, 6.07) is 3.37. The molecule has 20 heavy (non-hydrogen) atoms. The molecule has 0 unspecified atom stereocenters. The van der Waals surface area contributed by atoms with Crippen LogP contribution in [-0.2, 0) is 4.74 Å². The lowest BCUT2D eigenvalue weighted by atomic mass is 10.2. The number of hydrogen-bond acceptors (Lipinski definition) is 5. The van der Waals surface area contributed by atoms with Gasteiger partial charge < -0.3 is 4.74 Å². The highest BCUT2D eigenvalue weighted by Crippen LogP contribution is 2.10. The van der Waals surface area contributed by atoms with Crippen LogP contribution in [0.4, 0.5) is 4.79 Å². The number of carbonyl (C=O) groups excluding carboxylic acids is 1. The number of rotatable bonds is 1. The van der Waals surface area contributed by atoms with Crippen LogP contribution >= 0.6 is 15.9 Å². The second-order valence-corrected chi connectivity index (χ2v) is 5.93. The molecular weight excluding hydrogens is 328 g/mol. The van der Waals surface area contributed by atoms with E-state index in [-0.39, 0.29) is 0 Å². The molecule has 0 saturated carbocycles. The van der Waals surface area contributed by atoms with Gasteiger partial charge in [-0.2, -0.15) is 0 Å². The Morgan fingerprint density at radius 1 is 1.35 bits per heavy atom. The van der Waals surface area contributed by atoms with Crippen LogP contribution in [0.25, 0.3) is 5.82 Å². The summed E-state index contributed by atoms with van der Waals surface area (Å²) in [5.74, 6) is 0.369. The van der Waals surface area contributed by atoms with E-state index in [0.717, 1.165) is 9.04 Å². The molecule has 0 radical (unpaired) electrons. The van der Waals surface area contributed by atoms with Gasteiger partial charge in [-0.15, -0.1) is 9.78 Å². The maximum Gasteiger partial charge on any atom is 0.439 e. The maximum atomic E-state index is 12.1. The molecule has 0 saturated heterocycles. The van der Waals surface area contributed by atoms with Crippen molar-refractivity contribution in [3.05, 3.63) is 39.6 Å². The molecule has 0 aliphatic carbocycles. The molecule has 106 valence electrons. The van der Waals surface area contributed by atoms with E-state index in [4.69, 9.17) is 4.74 Å². The van der Waals surface area contributed by atoms with Crippen molar-refractivity contribution in [2.75, 3.05) is 0 Å². The quantitative estimate of drug-likeness (QED) is 0.792. The van der Waals surface area contributed by atoms with Gasteiger partial charge in [-0.25, -0.2) is 19.1 Å². The molecule has 2 aromatic heterocycles. The summed E-state index contributed by atoms with van der Waals surface area (Å²) in [4.78, 5) is 28.0. The van der Waals surface area contributed by atoms with Crippen molar-refractivity contribution < 1.29 is 9.53 Å². The number of ether oxygens (including phenoxy) is 1. The summed E-state index contributed by atoms with van der Waals surface area (Å²) in [5.41, 5.74) is -1.33. The van der Waals surface area contributed by atoms with E-state index in [0.29, 0.717) is 10.5 Å². The third-order valence-corrected chi connectivity index (χ3v) is 2.66. The standard InChI is InChI=1S/C12H13BrN4O3/c1-12(2,3)20-11(19)17-10(18)16(7-15-17)9-5-4-8(13)6-14-9/h4-7H,1-3H3. The lowest BCUT2D eigenvalue weighted by Gasteiger charge is -2.18. The summed E-state index contributed by atoms with van der Waals surface area (Å²) >= 11 is 3.25. The number of nitrogens with zero attached hydrogens (tertiary/aromatic N) is 4. The lowest BCUT2D eigenvalue weighted by molar-refractivity contribution is 0.0507. The highest BCUT2D eigenvalue weighted by molar-refractivity contribution is 9.10. The topological polar surface area (TPSA) is 79.0 Å². The van der Waals surface area contributed by atoms with E-state index >= 15 is 0 Å². The minimum absolute atomic E-state index is 0.369. The van der Waals surface area contributed by atoms with Crippen molar-refractivity contribution in [2.24, 2.45) is 0 Å². The number of carbonyl (C=O) groups is 1. The van der Waals surface area contributed by atoms with Crippen molar-refractivity contribution in [1.29, 1.82) is 0 Å². The van der Waals surface area contributed by atoms with E-state index in [1.165, 1.54) is 6.33 Å². The summed E-state index contributed by atoms with van der Waals surface area (Å²) in [5, 5.41) is 3.74. The van der Waals surface area contributed by atoms with Crippen LogP contribution in [0, 0.1) is 0 Å². The van der Waals surface area contributed by atoms with Crippen molar-refractivity contribution in [1.82, 2.24) is 19.3 Å². The molecular formula is C12H13BrN4O3. The molecule has 8 heteroatoms. The van der Waals surface area contributed by atoms with E-state index in [1.807, 2.05) is 0 Å². The molecule has 7 nitrogen and oxygen atoms in total. The van der Waals surface area contributed by atoms with Crippen LogP contribution in [0.3, 0.4) is 0 Å². The van der Waals surface area contributed by atoms with Gasteiger partial charge in [0.25, 0.3) is 0 Å². The highest BCUT2D eigenvalue weighted by atomic mass is 79.9. The van der Waals surface area contributed by atoms with Crippen molar-refractivity contribution in [3.8, 4) is 5.82 Å². The zero-order chi connectivity index (χ0) is 14.9. The predicted molar refractivity (Wildman–Crippen MR) is 75.0 cm³/mol. The number of halogens is 1. The second kappa shape index (κ2) is 5.20. The van der Waals surface area contributed by atoms with Gasteiger partial charge in [0.15, 0.2) is 0 Å². The van der Waals surface area contributed by atoms with E-state index in [1.54, 1.807) is 39.1 Å². The van der Waals surface area contributed by atoms with E-state index < -0.39 is 17.4 Å². The maximum absolute atomic E-state index is 12.1. The van der Waals surface area contributed by atoms with Gasteiger partial charge in [0.1, 0.15) is 17.7 Å². The fraction of sp³-hybridized carbons (Fsp3) is 0.333. The summed E-state index contributed by atoms with van der Waals surface area (Å²) in [7, 11) is 0. The molecule has 0 aliphatic rings. The first-order valence-electron chi connectivity index (χ1n) is 5.80. The minimum Gasteiger partial charge on any atom is -0.442 e. The van der Waals surface area contributed by atoms with Crippen LogP contribution in [0.2, 0.25) is 0 Å².